The number of ether oxygens (including phenoxy) is 1. The van der Waals surface area contributed by atoms with Crippen LogP contribution in [0.3, 0.4) is 0 Å². The molecular formula is C24H23N3O2. The highest BCUT2D eigenvalue weighted by atomic mass is 16.5. The summed E-state index contributed by atoms with van der Waals surface area (Å²) in [5, 5.41) is 0. The molecular weight excluding hydrogens is 362 g/mol. The minimum absolute atomic E-state index is 0.122. The Morgan fingerprint density at radius 1 is 0.966 bits per heavy atom. The van der Waals surface area contributed by atoms with Gasteiger partial charge in [0.25, 0.3) is 0 Å². The summed E-state index contributed by atoms with van der Waals surface area (Å²) in [6.07, 6.45) is 3.60. The van der Waals surface area contributed by atoms with Gasteiger partial charge in [0.05, 0.1) is 17.7 Å². The van der Waals surface area contributed by atoms with Crippen LogP contribution in [-0.2, 0) is 6.54 Å². The van der Waals surface area contributed by atoms with Crippen molar-refractivity contribution in [3.8, 4) is 34.0 Å². The van der Waals surface area contributed by atoms with Gasteiger partial charge >= 0.3 is 0 Å². The van der Waals surface area contributed by atoms with Gasteiger partial charge in [0, 0.05) is 29.9 Å². The number of benzene rings is 2. The second-order valence-corrected chi connectivity index (χ2v) is 7.37. The number of rotatable bonds is 6. The van der Waals surface area contributed by atoms with E-state index in [1.165, 1.54) is 0 Å². The molecule has 4 rings (SSSR count). The highest BCUT2D eigenvalue weighted by molar-refractivity contribution is 5.78. The molecule has 0 bridgehead atoms. The quantitative estimate of drug-likeness (QED) is 0.486. The number of pyridine rings is 1. The van der Waals surface area contributed by atoms with Gasteiger partial charge in [-0.05, 0) is 36.2 Å². The standard InChI is InChI=1S/C24H23N3O2/c1-17(2)15-27-16-26-23(24(27)19-11-12-22(28)25-14-19)18-7-6-10-21(13-18)29-20-8-4-3-5-9-20/h3-14,16-17H,15H2,1-2H3,(H,25,28). The van der Waals surface area contributed by atoms with Crippen LogP contribution < -0.4 is 10.3 Å². The molecule has 2 aromatic heterocycles. The van der Waals surface area contributed by atoms with Crippen LogP contribution in [0, 0.1) is 5.92 Å². The summed E-state index contributed by atoms with van der Waals surface area (Å²) in [5.41, 5.74) is 3.60. The first-order valence-corrected chi connectivity index (χ1v) is 9.68. The Kier molecular flexibility index (Phi) is 5.29. The summed E-state index contributed by atoms with van der Waals surface area (Å²) in [6.45, 7) is 5.18. The third-order valence-corrected chi connectivity index (χ3v) is 4.54. The molecule has 0 saturated heterocycles. The Labute approximate surface area is 169 Å². The fourth-order valence-electron chi connectivity index (χ4n) is 3.32. The lowest BCUT2D eigenvalue weighted by Crippen LogP contribution is -2.07. The van der Waals surface area contributed by atoms with E-state index in [9.17, 15) is 4.79 Å². The van der Waals surface area contributed by atoms with Gasteiger partial charge < -0.3 is 14.3 Å². The molecule has 1 N–H and O–H groups in total. The van der Waals surface area contributed by atoms with Gasteiger partial charge in [-0.15, -0.1) is 0 Å². The monoisotopic (exact) mass is 385 g/mol. The number of hydrogen-bond donors (Lipinski definition) is 1. The van der Waals surface area contributed by atoms with E-state index >= 15 is 0 Å². The fourth-order valence-corrected chi connectivity index (χ4v) is 3.32. The van der Waals surface area contributed by atoms with E-state index in [-0.39, 0.29) is 5.56 Å². The second kappa shape index (κ2) is 8.19. The van der Waals surface area contributed by atoms with Crippen LogP contribution in [0.4, 0.5) is 0 Å². The summed E-state index contributed by atoms with van der Waals surface area (Å²) in [4.78, 5) is 19.0. The second-order valence-electron chi connectivity index (χ2n) is 7.37. The molecule has 0 saturated carbocycles. The number of imidazole rings is 1. The molecule has 5 nitrogen and oxygen atoms in total. The molecule has 0 amide bonds. The third-order valence-electron chi connectivity index (χ3n) is 4.54. The van der Waals surface area contributed by atoms with Gasteiger partial charge in [0.15, 0.2) is 0 Å². The molecule has 0 fully saturated rings. The maximum Gasteiger partial charge on any atom is 0.247 e. The molecule has 0 aliphatic heterocycles. The number of nitrogens with zero attached hydrogens (tertiary/aromatic N) is 2. The fraction of sp³-hybridized carbons (Fsp3) is 0.167. The SMILES string of the molecule is CC(C)Cn1cnc(-c2cccc(Oc3ccccc3)c2)c1-c1ccc(=O)[nH]c1. The highest BCUT2D eigenvalue weighted by Gasteiger charge is 2.16. The first-order valence-electron chi connectivity index (χ1n) is 9.68. The number of nitrogens with one attached hydrogen (secondary N) is 1. The van der Waals surface area contributed by atoms with Crippen molar-refractivity contribution in [3.63, 3.8) is 0 Å². The largest absolute Gasteiger partial charge is 0.457 e. The maximum atomic E-state index is 11.5. The van der Waals surface area contributed by atoms with E-state index in [2.05, 4.69) is 23.4 Å². The highest BCUT2D eigenvalue weighted by Crippen LogP contribution is 2.33. The Morgan fingerprint density at radius 3 is 2.48 bits per heavy atom. The Morgan fingerprint density at radius 2 is 1.76 bits per heavy atom. The van der Waals surface area contributed by atoms with Gasteiger partial charge in [-0.3, -0.25) is 4.79 Å². The third kappa shape index (κ3) is 4.29. The van der Waals surface area contributed by atoms with Crippen LogP contribution in [0.15, 0.2) is 84.0 Å². The molecule has 0 aliphatic rings. The van der Waals surface area contributed by atoms with E-state index < -0.39 is 0 Å². The predicted octanol–water partition coefficient (Wildman–Crippen LogP) is 5.35. The minimum atomic E-state index is -0.122. The molecule has 0 unspecified atom stereocenters. The van der Waals surface area contributed by atoms with Crippen molar-refractivity contribution in [2.75, 3.05) is 0 Å². The average molecular weight is 385 g/mol. The van der Waals surface area contributed by atoms with E-state index in [1.54, 1.807) is 12.3 Å². The molecule has 0 aliphatic carbocycles. The molecule has 5 heteroatoms. The Balaban J connectivity index is 1.76. The number of aromatic nitrogens is 3. The van der Waals surface area contributed by atoms with Crippen LogP contribution in [0.25, 0.3) is 22.5 Å². The van der Waals surface area contributed by atoms with Crippen LogP contribution in [-0.4, -0.2) is 14.5 Å². The molecule has 2 heterocycles. The van der Waals surface area contributed by atoms with Crippen LogP contribution in [0.5, 0.6) is 11.5 Å². The number of para-hydroxylation sites is 1. The Bertz CT molecular complexity index is 1140. The molecule has 146 valence electrons. The molecule has 0 radical (unpaired) electrons. The predicted molar refractivity (Wildman–Crippen MR) is 115 cm³/mol. The summed E-state index contributed by atoms with van der Waals surface area (Å²) in [7, 11) is 0. The Hall–Kier alpha value is -3.60. The first-order chi connectivity index (χ1) is 14.1. The van der Waals surface area contributed by atoms with Gasteiger partial charge in [-0.25, -0.2) is 4.98 Å². The number of H-pyrrole nitrogens is 1. The van der Waals surface area contributed by atoms with Gasteiger partial charge in [0.1, 0.15) is 11.5 Å². The van der Waals surface area contributed by atoms with Crippen molar-refractivity contribution < 1.29 is 4.74 Å². The lowest BCUT2D eigenvalue weighted by molar-refractivity contribution is 0.483. The van der Waals surface area contributed by atoms with E-state index in [0.29, 0.717) is 5.92 Å². The zero-order valence-corrected chi connectivity index (χ0v) is 16.5. The lowest BCUT2D eigenvalue weighted by Gasteiger charge is -2.13. The molecule has 29 heavy (non-hydrogen) atoms. The van der Waals surface area contributed by atoms with Gasteiger partial charge in [-0.2, -0.15) is 0 Å². The lowest BCUT2D eigenvalue weighted by atomic mass is 10.1. The summed E-state index contributed by atoms with van der Waals surface area (Å²) in [6, 6.07) is 21.0. The van der Waals surface area contributed by atoms with E-state index in [1.807, 2.05) is 67.0 Å². The van der Waals surface area contributed by atoms with E-state index in [4.69, 9.17) is 9.72 Å². The van der Waals surface area contributed by atoms with Crippen LogP contribution >= 0.6 is 0 Å². The van der Waals surface area contributed by atoms with Gasteiger partial charge in [0.2, 0.25) is 5.56 Å². The number of aromatic amines is 1. The van der Waals surface area contributed by atoms with Crippen molar-refractivity contribution in [1.82, 2.24) is 14.5 Å². The van der Waals surface area contributed by atoms with Crippen molar-refractivity contribution in [1.29, 1.82) is 0 Å². The smallest absolute Gasteiger partial charge is 0.247 e. The minimum Gasteiger partial charge on any atom is -0.457 e. The maximum absolute atomic E-state index is 11.5. The molecule has 4 aromatic rings. The van der Waals surface area contributed by atoms with Gasteiger partial charge in [-0.1, -0.05) is 44.2 Å². The molecule has 0 spiro atoms. The summed E-state index contributed by atoms with van der Waals surface area (Å²) in [5.74, 6) is 2.00. The summed E-state index contributed by atoms with van der Waals surface area (Å²) >= 11 is 0. The molecule has 0 atom stereocenters. The summed E-state index contributed by atoms with van der Waals surface area (Å²) < 4.78 is 8.13. The zero-order valence-electron chi connectivity index (χ0n) is 16.5. The van der Waals surface area contributed by atoms with Crippen LogP contribution in [0.2, 0.25) is 0 Å². The van der Waals surface area contributed by atoms with Crippen molar-refractivity contribution in [3.05, 3.63) is 89.6 Å². The normalized spacial score (nSPS) is 11.0. The van der Waals surface area contributed by atoms with Crippen molar-refractivity contribution in [2.24, 2.45) is 5.92 Å². The number of hydrogen-bond acceptors (Lipinski definition) is 3. The molecule has 2 aromatic carbocycles. The topological polar surface area (TPSA) is 59.9 Å². The van der Waals surface area contributed by atoms with Crippen molar-refractivity contribution in [2.45, 2.75) is 20.4 Å². The van der Waals surface area contributed by atoms with E-state index in [0.717, 1.165) is 40.6 Å². The first kappa shape index (κ1) is 18.7. The van der Waals surface area contributed by atoms with Crippen molar-refractivity contribution >= 4 is 0 Å². The van der Waals surface area contributed by atoms with Crippen LogP contribution in [0.1, 0.15) is 13.8 Å². The average Bonchev–Trinajstić information content (AvgIpc) is 3.12. The zero-order chi connectivity index (χ0) is 20.2.